The number of hydrogen-bond donors (Lipinski definition) is 1. The molecule has 2 heterocycles. The minimum Gasteiger partial charge on any atom is -0.465 e. The van der Waals surface area contributed by atoms with Gasteiger partial charge in [0.2, 0.25) is 0 Å². The van der Waals surface area contributed by atoms with E-state index in [1.807, 2.05) is 29.5 Å². The van der Waals surface area contributed by atoms with E-state index < -0.39 is 0 Å². The Kier molecular flexibility index (Phi) is 4.29. The first kappa shape index (κ1) is 15.7. The highest BCUT2D eigenvalue weighted by molar-refractivity contribution is 5.93. The molecule has 3 aromatic rings. The predicted octanol–water partition coefficient (Wildman–Crippen LogP) is 2.36. The average molecular weight is 323 g/mol. The lowest BCUT2D eigenvalue weighted by Crippen LogP contribution is -2.23. The number of nitrogens with zero attached hydrogens (tertiary/aromatic N) is 2. The lowest BCUT2D eigenvalue weighted by molar-refractivity contribution is 0.0600. The molecule has 0 fully saturated rings. The predicted molar refractivity (Wildman–Crippen MR) is 88.9 cm³/mol. The van der Waals surface area contributed by atoms with Gasteiger partial charge in [-0.3, -0.25) is 4.79 Å². The maximum absolute atomic E-state index is 12.3. The molecule has 1 N–H and O–H groups in total. The minimum atomic E-state index is -0.384. The molecular weight excluding hydrogens is 306 g/mol. The highest BCUT2D eigenvalue weighted by Gasteiger charge is 2.11. The number of esters is 1. The summed E-state index contributed by atoms with van der Waals surface area (Å²) in [5.74, 6) is -0.624. The van der Waals surface area contributed by atoms with Crippen LogP contribution in [0.25, 0.3) is 5.65 Å². The van der Waals surface area contributed by atoms with Crippen LogP contribution >= 0.6 is 0 Å². The first-order valence-electron chi connectivity index (χ1n) is 7.48. The molecule has 6 nitrogen and oxygen atoms in total. The summed E-state index contributed by atoms with van der Waals surface area (Å²) in [6.45, 7) is 2.31. The van der Waals surface area contributed by atoms with Crippen molar-refractivity contribution in [3.63, 3.8) is 0 Å². The highest BCUT2D eigenvalue weighted by Crippen LogP contribution is 2.09. The largest absolute Gasteiger partial charge is 0.465 e. The summed E-state index contributed by atoms with van der Waals surface area (Å²) in [5.41, 5.74) is 3.48. The molecule has 0 radical (unpaired) electrons. The number of methoxy groups -OCH3 is 1. The van der Waals surface area contributed by atoms with Gasteiger partial charge in [0.05, 0.1) is 12.7 Å². The maximum Gasteiger partial charge on any atom is 0.337 e. The minimum absolute atomic E-state index is 0.241. The number of nitrogens with one attached hydrogen (secondary N) is 1. The van der Waals surface area contributed by atoms with Crippen molar-refractivity contribution >= 4 is 17.5 Å². The van der Waals surface area contributed by atoms with Crippen LogP contribution in [0, 0.1) is 6.92 Å². The molecular formula is C18H17N3O3. The molecule has 0 atom stereocenters. The number of hydrogen-bond acceptors (Lipinski definition) is 4. The van der Waals surface area contributed by atoms with Crippen LogP contribution in [0.1, 0.15) is 32.1 Å². The van der Waals surface area contributed by atoms with Crippen LogP contribution in [-0.4, -0.2) is 28.4 Å². The van der Waals surface area contributed by atoms with Gasteiger partial charge in [-0.2, -0.15) is 0 Å². The summed E-state index contributed by atoms with van der Waals surface area (Å²) in [6.07, 6.45) is 1.72. The number of carbonyl (C=O) groups is 2. The molecule has 122 valence electrons. The number of carbonyl (C=O) groups excluding carboxylic acids is 2. The van der Waals surface area contributed by atoms with E-state index in [9.17, 15) is 9.59 Å². The summed E-state index contributed by atoms with van der Waals surface area (Å²) in [5, 5.41) is 2.83. The van der Waals surface area contributed by atoms with E-state index in [1.165, 1.54) is 7.11 Å². The summed E-state index contributed by atoms with van der Waals surface area (Å²) >= 11 is 0. The molecule has 0 aliphatic heterocycles. The molecule has 3 rings (SSSR count). The Morgan fingerprint density at radius 2 is 1.92 bits per heavy atom. The van der Waals surface area contributed by atoms with Crippen molar-refractivity contribution in [2.24, 2.45) is 0 Å². The normalized spacial score (nSPS) is 10.6. The maximum atomic E-state index is 12.3. The number of aryl methyl sites for hydroxylation is 1. The van der Waals surface area contributed by atoms with E-state index in [2.05, 4.69) is 15.0 Å². The van der Waals surface area contributed by atoms with Crippen molar-refractivity contribution in [3.05, 3.63) is 71.2 Å². The smallest absolute Gasteiger partial charge is 0.337 e. The van der Waals surface area contributed by atoms with Crippen LogP contribution in [0.15, 0.2) is 48.7 Å². The van der Waals surface area contributed by atoms with Gasteiger partial charge in [0.1, 0.15) is 11.3 Å². The summed E-state index contributed by atoms with van der Waals surface area (Å²) < 4.78 is 6.53. The summed E-state index contributed by atoms with van der Waals surface area (Å²) in [7, 11) is 1.34. The molecule has 24 heavy (non-hydrogen) atoms. The van der Waals surface area contributed by atoms with Gasteiger partial charge in [-0.05, 0) is 36.8 Å². The molecule has 0 spiro atoms. The number of fused-ring (bicyclic) bond motifs is 1. The lowest BCUT2D eigenvalue weighted by Gasteiger charge is -2.04. The SMILES string of the molecule is COC(=O)c1ccc(CNC(=O)c2cn3c(C)cccc3n2)cc1. The van der Waals surface area contributed by atoms with Crippen molar-refractivity contribution in [3.8, 4) is 0 Å². The van der Waals surface area contributed by atoms with E-state index in [0.29, 0.717) is 17.8 Å². The fourth-order valence-electron chi connectivity index (χ4n) is 2.41. The third-order valence-electron chi connectivity index (χ3n) is 3.76. The Bertz CT molecular complexity index is 898. The van der Waals surface area contributed by atoms with Gasteiger partial charge < -0.3 is 14.5 Å². The first-order valence-corrected chi connectivity index (χ1v) is 7.48. The molecule has 1 aromatic carbocycles. The molecule has 0 aliphatic carbocycles. The quantitative estimate of drug-likeness (QED) is 0.748. The van der Waals surface area contributed by atoms with E-state index in [4.69, 9.17) is 0 Å². The first-order chi connectivity index (χ1) is 11.6. The van der Waals surface area contributed by atoms with Crippen LogP contribution < -0.4 is 5.32 Å². The van der Waals surface area contributed by atoms with Crippen molar-refractivity contribution in [2.75, 3.05) is 7.11 Å². The van der Waals surface area contributed by atoms with Gasteiger partial charge in [0.25, 0.3) is 5.91 Å². The summed E-state index contributed by atoms with van der Waals surface area (Å²) in [6, 6.07) is 12.6. The zero-order chi connectivity index (χ0) is 17.1. The molecule has 1 amide bonds. The second-order valence-electron chi connectivity index (χ2n) is 5.39. The fourth-order valence-corrected chi connectivity index (χ4v) is 2.41. The fraction of sp³-hybridized carbons (Fsp3) is 0.167. The number of pyridine rings is 1. The number of aromatic nitrogens is 2. The second kappa shape index (κ2) is 6.54. The van der Waals surface area contributed by atoms with Gasteiger partial charge >= 0.3 is 5.97 Å². The van der Waals surface area contributed by atoms with E-state index >= 15 is 0 Å². The Hall–Kier alpha value is -3.15. The van der Waals surface area contributed by atoms with E-state index in [0.717, 1.165) is 16.9 Å². The standard InChI is InChI=1S/C18H17N3O3/c1-12-4-3-5-16-20-15(11-21(12)16)17(22)19-10-13-6-8-14(9-7-13)18(23)24-2/h3-9,11H,10H2,1-2H3,(H,19,22). The Balaban J connectivity index is 1.68. The van der Waals surface area contributed by atoms with Crippen LogP contribution in [-0.2, 0) is 11.3 Å². The molecule has 0 unspecified atom stereocenters. The number of imidazole rings is 1. The Morgan fingerprint density at radius 3 is 2.58 bits per heavy atom. The molecule has 0 aliphatic rings. The molecule has 0 saturated heterocycles. The lowest BCUT2D eigenvalue weighted by atomic mass is 10.1. The van der Waals surface area contributed by atoms with Gasteiger partial charge in [-0.25, -0.2) is 9.78 Å². The van der Waals surface area contributed by atoms with Gasteiger partial charge in [-0.15, -0.1) is 0 Å². The number of benzene rings is 1. The van der Waals surface area contributed by atoms with Crippen LogP contribution in [0.2, 0.25) is 0 Å². The van der Waals surface area contributed by atoms with Gasteiger partial charge in [0, 0.05) is 18.4 Å². The zero-order valence-electron chi connectivity index (χ0n) is 13.4. The van der Waals surface area contributed by atoms with Crippen LogP contribution in [0.5, 0.6) is 0 Å². The summed E-state index contributed by atoms with van der Waals surface area (Å²) in [4.78, 5) is 28.0. The molecule has 2 aromatic heterocycles. The van der Waals surface area contributed by atoms with Crippen molar-refractivity contribution in [2.45, 2.75) is 13.5 Å². The topological polar surface area (TPSA) is 72.7 Å². The second-order valence-corrected chi connectivity index (χ2v) is 5.39. The van der Waals surface area contributed by atoms with Crippen molar-refractivity contribution in [1.29, 1.82) is 0 Å². The number of amides is 1. The monoisotopic (exact) mass is 323 g/mol. The number of rotatable bonds is 4. The van der Waals surface area contributed by atoms with Crippen molar-refractivity contribution < 1.29 is 14.3 Å². The zero-order valence-corrected chi connectivity index (χ0v) is 13.4. The van der Waals surface area contributed by atoms with E-state index in [1.54, 1.807) is 30.5 Å². The van der Waals surface area contributed by atoms with Crippen LogP contribution in [0.3, 0.4) is 0 Å². The third kappa shape index (κ3) is 3.12. The van der Waals surface area contributed by atoms with Crippen LogP contribution in [0.4, 0.5) is 0 Å². The molecule has 0 saturated carbocycles. The third-order valence-corrected chi connectivity index (χ3v) is 3.76. The van der Waals surface area contributed by atoms with Gasteiger partial charge in [0.15, 0.2) is 0 Å². The van der Waals surface area contributed by atoms with E-state index in [-0.39, 0.29) is 11.9 Å². The average Bonchev–Trinajstić information content (AvgIpc) is 3.05. The van der Waals surface area contributed by atoms with Crippen molar-refractivity contribution in [1.82, 2.24) is 14.7 Å². The molecule has 0 bridgehead atoms. The Morgan fingerprint density at radius 1 is 1.17 bits per heavy atom. The van der Waals surface area contributed by atoms with Gasteiger partial charge in [-0.1, -0.05) is 18.2 Å². The number of ether oxygens (including phenoxy) is 1. The Labute approximate surface area is 139 Å². The highest BCUT2D eigenvalue weighted by atomic mass is 16.5. The molecule has 6 heteroatoms.